The van der Waals surface area contributed by atoms with Crippen LogP contribution in [0, 0.1) is 0 Å². The molecule has 0 radical (unpaired) electrons. The van der Waals surface area contributed by atoms with Gasteiger partial charge in [0, 0.05) is 12.1 Å². The maximum atomic E-state index is 13.0. The van der Waals surface area contributed by atoms with Crippen molar-refractivity contribution < 1.29 is 9.53 Å². The Kier molecular flexibility index (Phi) is 6.64. The number of carbonyl (C=O) groups excluding carboxylic acids is 1. The minimum absolute atomic E-state index is 0.0789. The number of hydrogen-bond acceptors (Lipinski definition) is 2. The Balaban J connectivity index is 1.80. The average Bonchev–Trinajstić information content (AvgIpc) is 2.77. The average molecular weight is 371 g/mol. The van der Waals surface area contributed by atoms with Gasteiger partial charge >= 0.3 is 0 Å². The molecular formula is C25H25NO2. The monoisotopic (exact) mass is 371 g/mol. The first kappa shape index (κ1) is 19.4. The zero-order valence-corrected chi connectivity index (χ0v) is 16.3. The number of hydrogen-bond donors (Lipinski definition) is 1. The molecule has 142 valence electrons. The lowest BCUT2D eigenvalue weighted by molar-refractivity contribution is -0.115. The first-order chi connectivity index (χ1) is 13.7. The van der Waals surface area contributed by atoms with E-state index in [-0.39, 0.29) is 11.8 Å². The molecule has 0 saturated carbocycles. The third kappa shape index (κ3) is 5.10. The second-order valence-corrected chi connectivity index (χ2v) is 6.72. The van der Waals surface area contributed by atoms with E-state index in [1.807, 2.05) is 78.9 Å². The molecule has 0 aromatic heterocycles. The SMILES string of the molecule is COc1ccc(/C=C(/C(=O)NC[C@H](C)c2ccccc2)c2ccccc2)cc1. The maximum Gasteiger partial charge on any atom is 0.251 e. The highest BCUT2D eigenvalue weighted by atomic mass is 16.5. The first-order valence-corrected chi connectivity index (χ1v) is 9.41. The van der Waals surface area contributed by atoms with Crippen molar-refractivity contribution in [3.63, 3.8) is 0 Å². The minimum Gasteiger partial charge on any atom is -0.497 e. The molecule has 0 bridgehead atoms. The predicted octanol–water partition coefficient (Wildman–Crippen LogP) is 5.16. The molecule has 3 rings (SSSR count). The molecule has 0 aliphatic heterocycles. The summed E-state index contributed by atoms with van der Waals surface area (Å²) in [6.07, 6.45) is 1.91. The first-order valence-electron chi connectivity index (χ1n) is 9.41. The number of ether oxygens (including phenoxy) is 1. The van der Waals surface area contributed by atoms with Crippen molar-refractivity contribution in [2.24, 2.45) is 0 Å². The fourth-order valence-corrected chi connectivity index (χ4v) is 3.00. The van der Waals surface area contributed by atoms with Crippen molar-refractivity contribution >= 4 is 17.6 Å². The number of nitrogens with one attached hydrogen (secondary N) is 1. The highest BCUT2D eigenvalue weighted by Gasteiger charge is 2.14. The van der Waals surface area contributed by atoms with Crippen molar-refractivity contribution in [1.29, 1.82) is 0 Å². The molecule has 0 spiro atoms. The molecule has 0 fully saturated rings. The molecule has 0 saturated heterocycles. The van der Waals surface area contributed by atoms with Gasteiger partial charge < -0.3 is 10.1 Å². The smallest absolute Gasteiger partial charge is 0.251 e. The summed E-state index contributed by atoms with van der Waals surface area (Å²) in [6, 6.07) is 27.6. The molecule has 0 aliphatic carbocycles. The number of carbonyl (C=O) groups is 1. The lowest BCUT2D eigenvalue weighted by atomic mass is 9.99. The topological polar surface area (TPSA) is 38.3 Å². The van der Waals surface area contributed by atoms with Crippen molar-refractivity contribution in [3.8, 4) is 5.75 Å². The summed E-state index contributed by atoms with van der Waals surface area (Å²) < 4.78 is 5.21. The van der Waals surface area contributed by atoms with E-state index >= 15 is 0 Å². The standard InChI is InChI=1S/C25H25NO2/c1-19(21-9-5-3-6-10-21)18-26-25(27)24(22-11-7-4-8-12-22)17-20-13-15-23(28-2)16-14-20/h3-17,19H,18H2,1-2H3,(H,26,27)/b24-17+/t19-/m0/s1. The van der Waals surface area contributed by atoms with E-state index in [1.54, 1.807) is 7.11 Å². The van der Waals surface area contributed by atoms with Crippen molar-refractivity contribution in [2.45, 2.75) is 12.8 Å². The molecule has 3 aromatic carbocycles. The van der Waals surface area contributed by atoms with Crippen LogP contribution in [0.15, 0.2) is 84.9 Å². The van der Waals surface area contributed by atoms with Gasteiger partial charge in [-0.2, -0.15) is 0 Å². The van der Waals surface area contributed by atoms with Crippen LogP contribution in [0.1, 0.15) is 29.5 Å². The maximum absolute atomic E-state index is 13.0. The molecule has 0 unspecified atom stereocenters. The summed E-state index contributed by atoms with van der Waals surface area (Å²) in [6.45, 7) is 2.70. The zero-order valence-electron chi connectivity index (χ0n) is 16.3. The molecule has 1 N–H and O–H groups in total. The lowest BCUT2D eigenvalue weighted by Gasteiger charge is -2.15. The number of benzene rings is 3. The van der Waals surface area contributed by atoms with Crippen molar-refractivity contribution in [3.05, 3.63) is 102 Å². The van der Waals surface area contributed by atoms with Crippen molar-refractivity contribution in [2.75, 3.05) is 13.7 Å². The fourth-order valence-electron chi connectivity index (χ4n) is 3.00. The summed E-state index contributed by atoms with van der Waals surface area (Å²) in [7, 11) is 1.64. The largest absolute Gasteiger partial charge is 0.497 e. The second kappa shape index (κ2) is 9.56. The quantitative estimate of drug-likeness (QED) is 0.460. The molecule has 3 heteroatoms. The Hall–Kier alpha value is -3.33. The van der Waals surface area contributed by atoms with Crippen LogP contribution in [0.3, 0.4) is 0 Å². The Morgan fingerprint density at radius 2 is 1.54 bits per heavy atom. The Morgan fingerprint density at radius 3 is 2.14 bits per heavy atom. The van der Waals surface area contributed by atoms with Crippen LogP contribution in [0.2, 0.25) is 0 Å². The Bertz CT molecular complexity index is 916. The van der Waals surface area contributed by atoms with Gasteiger partial charge in [0.1, 0.15) is 5.75 Å². The molecule has 28 heavy (non-hydrogen) atoms. The highest BCUT2D eigenvalue weighted by Crippen LogP contribution is 2.21. The molecule has 0 aliphatic rings. The summed E-state index contributed by atoms with van der Waals surface area (Å²) in [5.41, 5.74) is 3.70. The summed E-state index contributed by atoms with van der Waals surface area (Å²) >= 11 is 0. The predicted molar refractivity (Wildman–Crippen MR) is 115 cm³/mol. The van der Waals surface area contributed by atoms with Crippen LogP contribution in [0.25, 0.3) is 11.6 Å². The lowest BCUT2D eigenvalue weighted by Crippen LogP contribution is -2.28. The van der Waals surface area contributed by atoms with Gasteiger partial charge in [0.2, 0.25) is 0 Å². The van der Waals surface area contributed by atoms with E-state index in [4.69, 9.17) is 4.74 Å². The van der Waals surface area contributed by atoms with Crippen LogP contribution in [-0.2, 0) is 4.79 Å². The molecule has 3 aromatic rings. The van der Waals surface area contributed by atoms with Gasteiger partial charge in [-0.05, 0) is 40.8 Å². The summed E-state index contributed by atoms with van der Waals surface area (Å²) in [5.74, 6) is 0.951. The third-order valence-corrected chi connectivity index (χ3v) is 4.69. The van der Waals surface area contributed by atoms with Gasteiger partial charge in [-0.3, -0.25) is 4.79 Å². The zero-order chi connectivity index (χ0) is 19.8. The Morgan fingerprint density at radius 1 is 0.929 bits per heavy atom. The number of rotatable bonds is 7. The summed E-state index contributed by atoms with van der Waals surface area (Å²) in [5, 5.41) is 3.09. The van der Waals surface area contributed by atoms with Crippen LogP contribution in [0.5, 0.6) is 5.75 Å². The molecule has 3 nitrogen and oxygen atoms in total. The van der Waals surface area contributed by atoms with Gasteiger partial charge in [-0.15, -0.1) is 0 Å². The Labute approximate surface area is 166 Å². The molecular weight excluding hydrogens is 346 g/mol. The van der Waals surface area contributed by atoms with Gasteiger partial charge in [-0.25, -0.2) is 0 Å². The second-order valence-electron chi connectivity index (χ2n) is 6.72. The van der Waals surface area contributed by atoms with Crippen LogP contribution < -0.4 is 10.1 Å². The highest BCUT2D eigenvalue weighted by molar-refractivity contribution is 6.24. The number of methoxy groups -OCH3 is 1. The molecule has 1 atom stereocenters. The number of amides is 1. The van der Waals surface area contributed by atoms with Gasteiger partial charge in [-0.1, -0.05) is 79.7 Å². The van der Waals surface area contributed by atoms with Gasteiger partial charge in [0.25, 0.3) is 5.91 Å². The fraction of sp³-hybridized carbons (Fsp3) is 0.160. The normalized spacial score (nSPS) is 12.3. The van der Waals surface area contributed by atoms with Gasteiger partial charge in [0.05, 0.1) is 7.11 Å². The third-order valence-electron chi connectivity index (χ3n) is 4.69. The molecule has 1 amide bonds. The molecule has 0 heterocycles. The van der Waals surface area contributed by atoms with Crippen molar-refractivity contribution in [1.82, 2.24) is 5.32 Å². The minimum atomic E-state index is -0.0789. The van der Waals surface area contributed by atoms with E-state index in [0.29, 0.717) is 12.1 Å². The van der Waals surface area contributed by atoms with E-state index < -0.39 is 0 Å². The van der Waals surface area contributed by atoms with Gasteiger partial charge in [0.15, 0.2) is 0 Å². The summed E-state index contributed by atoms with van der Waals surface area (Å²) in [4.78, 5) is 13.0. The van der Waals surface area contributed by atoms with Crippen LogP contribution in [0.4, 0.5) is 0 Å². The van der Waals surface area contributed by atoms with Crippen LogP contribution in [-0.4, -0.2) is 19.6 Å². The van der Waals surface area contributed by atoms with E-state index in [1.165, 1.54) is 5.56 Å². The van der Waals surface area contributed by atoms with E-state index in [2.05, 4.69) is 24.4 Å². The van der Waals surface area contributed by atoms with E-state index in [9.17, 15) is 4.79 Å². The van der Waals surface area contributed by atoms with Crippen LogP contribution >= 0.6 is 0 Å². The van der Waals surface area contributed by atoms with E-state index in [0.717, 1.165) is 16.9 Å².